The summed E-state index contributed by atoms with van der Waals surface area (Å²) in [6.45, 7) is 4.50. The normalized spacial score (nSPS) is 18.0. The summed E-state index contributed by atoms with van der Waals surface area (Å²) in [6, 6.07) is 9.04. The molecule has 1 saturated heterocycles. The van der Waals surface area contributed by atoms with Gasteiger partial charge in [0.1, 0.15) is 11.6 Å². The van der Waals surface area contributed by atoms with Gasteiger partial charge in [-0.3, -0.25) is 9.59 Å². The highest BCUT2D eigenvalue weighted by Gasteiger charge is 2.20. The first kappa shape index (κ1) is 17.7. The Morgan fingerprint density at radius 2 is 2.04 bits per heavy atom. The van der Waals surface area contributed by atoms with Crippen LogP contribution in [0.3, 0.4) is 0 Å². The molecule has 1 unspecified atom stereocenters. The van der Waals surface area contributed by atoms with Gasteiger partial charge in [-0.25, -0.2) is 0 Å². The van der Waals surface area contributed by atoms with Gasteiger partial charge in [0, 0.05) is 30.0 Å². The summed E-state index contributed by atoms with van der Waals surface area (Å²) in [5.41, 5.74) is 1.26. The molecule has 1 N–H and O–H groups in total. The van der Waals surface area contributed by atoms with Gasteiger partial charge in [-0.05, 0) is 56.9 Å². The van der Waals surface area contributed by atoms with Gasteiger partial charge in [-0.15, -0.1) is 0 Å². The predicted octanol–water partition coefficient (Wildman–Crippen LogP) is 3.50. The van der Waals surface area contributed by atoms with Crippen molar-refractivity contribution in [1.82, 2.24) is 4.90 Å². The fourth-order valence-electron chi connectivity index (χ4n) is 2.92. The Morgan fingerprint density at radius 1 is 1.33 bits per heavy atom. The number of nitriles is 1. The van der Waals surface area contributed by atoms with E-state index in [1.165, 1.54) is 13.3 Å². The predicted molar refractivity (Wildman–Crippen MR) is 93.4 cm³/mol. The quantitative estimate of drug-likeness (QED) is 0.511. The lowest BCUT2D eigenvalue weighted by Crippen LogP contribution is -2.35. The molecule has 126 valence electrons. The van der Waals surface area contributed by atoms with Crippen molar-refractivity contribution in [3.05, 3.63) is 41.6 Å². The van der Waals surface area contributed by atoms with E-state index in [0.717, 1.165) is 25.8 Å². The first-order valence-corrected chi connectivity index (χ1v) is 8.35. The Bertz CT molecular complexity index is 671. The van der Waals surface area contributed by atoms with Crippen LogP contribution in [-0.4, -0.2) is 29.2 Å². The monoisotopic (exact) mass is 325 g/mol. The molecule has 1 atom stereocenters. The number of benzene rings is 1. The van der Waals surface area contributed by atoms with Gasteiger partial charge < -0.3 is 10.2 Å². The number of nitrogens with one attached hydrogen (secondary N) is 1. The van der Waals surface area contributed by atoms with Crippen molar-refractivity contribution in [1.29, 1.82) is 5.26 Å². The molecule has 1 amide bonds. The van der Waals surface area contributed by atoms with Gasteiger partial charge in [0.05, 0.1) is 0 Å². The van der Waals surface area contributed by atoms with Crippen LogP contribution in [-0.2, 0) is 4.79 Å². The first-order valence-electron chi connectivity index (χ1n) is 8.35. The van der Waals surface area contributed by atoms with Gasteiger partial charge >= 0.3 is 0 Å². The van der Waals surface area contributed by atoms with Crippen LogP contribution >= 0.6 is 0 Å². The van der Waals surface area contributed by atoms with Crippen LogP contribution in [0.2, 0.25) is 0 Å². The number of nitrogens with zero attached hydrogens (tertiary/aromatic N) is 2. The lowest BCUT2D eigenvalue weighted by molar-refractivity contribution is -0.112. The molecule has 0 spiro atoms. The lowest BCUT2D eigenvalue weighted by Gasteiger charge is -2.34. The Morgan fingerprint density at radius 3 is 2.62 bits per heavy atom. The van der Waals surface area contributed by atoms with E-state index in [1.807, 2.05) is 6.07 Å². The standard InChI is InChI=1S/C19H23N3O2/c1-3-18-6-4-5-11-22(18)13-16(12-20)19(24)21-17-9-7-15(8-10-17)14(2)23/h7-10,13,18H,3-6,11H2,1-2H3,(H,21,24)/b16-13-. The van der Waals surface area contributed by atoms with Crippen LogP contribution in [0.5, 0.6) is 0 Å². The minimum Gasteiger partial charge on any atom is -0.373 e. The minimum atomic E-state index is -0.423. The van der Waals surface area contributed by atoms with Gasteiger partial charge in [0.2, 0.25) is 0 Å². The number of carbonyl (C=O) groups excluding carboxylic acids is 2. The van der Waals surface area contributed by atoms with Gasteiger partial charge in [0.25, 0.3) is 5.91 Å². The summed E-state index contributed by atoms with van der Waals surface area (Å²) >= 11 is 0. The van der Waals surface area contributed by atoms with Crippen LogP contribution in [0.1, 0.15) is 49.9 Å². The Hall–Kier alpha value is -2.61. The number of likely N-dealkylation sites (tertiary alicyclic amines) is 1. The molecule has 0 bridgehead atoms. The van der Waals surface area contributed by atoms with E-state index in [9.17, 15) is 14.9 Å². The largest absolute Gasteiger partial charge is 0.373 e. The van der Waals surface area contributed by atoms with Crippen molar-refractivity contribution in [3.8, 4) is 6.07 Å². The first-order chi connectivity index (χ1) is 11.5. The summed E-state index contributed by atoms with van der Waals surface area (Å²) in [5.74, 6) is -0.449. The third kappa shape index (κ3) is 4.45. The number of hydrogen-bond acceptors (Lipinski definition) is 4. The number of carbonyl (C=O) groups is 2. The van der Waals surface area contributed by atoms with Crippen molar-refractivity contribution in [2.45, 2.75) is 45.6 Å². The molecule has 0 aliphatic carbocycles. The highest BCUT2D eigenvalue weighted by molar-refractivity contribution is 6.06. The van der Waals surface area contributed by atoms with E-state index in [-0.39, 0.29) is 11.4 Å². The minimum absolute atomic E-state index is 0.0267. The maximum absolute atomic E-state index is 12.3. The number of hydrogen-bond donors (Lipinski definition) is 1. The molecule has 1 fully saturated rings. The van der Waals surface area contributed by atoms with Crippen LogP contribution in [0, 0.1) is 11.3 Å². The summed E-state index contributed by atoms with van der Waals surface area (Å²) in [5, 5.41) is 12.0. The maximum Gasteiger partial charge on any atom is 0.267 e. The molecule has 24 heavy (non-hydrogen) atoms. The molecule has 1 aliphatic heterocycles. The second kappa shape index (κ2) is 8.30. The van der Waals surface area contributed by atoms with Crippen LogP contribution < -0.4 is 5.32 Å². The average molecular weight is 325 g/mol. The van der Waals surface area contributed by atoms with Crippen molar-refractivity contribution in [2.24, 2.45) is 0 Å². The molecule has 0 radical (unpaired) electrons. The summed E-state index contributed by atoms with van der Waals surface area (Å²) < 4.78 is 0. The fourth-order valence-corrected chi connectivity index (χ4v) is 2.92. The number of rotatable bonds is 5. The van der Waals surface area contributed by atoms with Gasteiger partial charge in [-0.2, -0.15) is 5.26 Å². The van der Waals surface area contributed by atoms with E-state index in [1.54, 1.807) is 30.5 Å². The highest BCUT2D eigenvalue weighted by atomic mass is 16.1. The molecule has 1 heterocycles. The molecule has 1 aromatic carbocycles. The van der Waals surface area contributed by atoms with E-state index < -0.39 is 5.91 Å². The van der Waals surface area contributed by atoms with Crippen molar-refractivity contribution in [2.75, 3.05) is 11.9 Å². The summed E-state index contributed by atoms with van der Waals surface area (Å²) in [7, 11) is 0. The topological polar surface area (TPSA) is 73.2 Å². The van der Waals surface area contributed by atoms with Crippen molar-refractivity contribution in [3.63, 3.8) is 0 Å². The smallest absolute Gasteiger partial charge is 0.267 e. The Kier molecular flexibility index (Phi) is 6.14. The number of anilines is 1. The molecule has 5 nitrogen and oxygen atoms in total. The lowest BCUT2D eigenvalue weighted by atomic mass is 10.0. The van der Waals surface area contributed by atoms with Gasteiger partial charge in [0.15, 0.2) is 5.78 Å². The Labute approximate surface area is 143 Å². The summed E-state index contributed by atoms with van der Waals surface area (Å²) in [4.78, 5) is 25.7. The molecule has 0 saturated carbocycles. The van der Waals surface area contributed by atoms with E-state index >= 15 is 0 Å². The average Bonchev–Trinajstić information content (AvgIpc) is 2.60. The molecule has 0 aromatic heterocycles. The number of piperidine rings is 1. The molecule has 5 heteroatoms. The zero-order valence-electron chi connectivity index (χ0n) is 14.2. The summed E-state index contributed by atoms with van der Waals surface area (Å²) in [6.07, 6.45) is 6.06. The number of Topliss-reactive ketones (excluding diaryl/α,β-unsaturated/α-hetero) is 1. The SMILES string of the molecule is CCC1CCCCN1/C=C(/C#N)C(=O)Nc1ccc(C(C)=O)cc1. The van der Waals surface area contributed by atoms with Crippen LogP contribution in [0.15, 0.2) is 36.0 Å². The number of ketones is 1. The fraction of sp³-hybridized carbons (Fsp3) is 0.421. The Balaban J connectivity index is 2.09. The molecule has 2 rings (SSSR count). The van der Waals surface area contributed by atoms with Crippen LogP contribution in [0.25, 0.3) is 0 Å². The zero-order chi connectivity index (χ0) is 17.5. The second-order valence-electron chi connectivity index (χ2n) is 6.04. The number of amides is 1. The van der Waals surface area contributed by atoms with Crippen LogP contribution in [0.4, 0.5) is 5.69 Å². The van der Waals surface area contributed by atoms with Gasteiger partial charge in [-0.1, -0.05) is 6.92 Å². The second-order valence-corrected chi connectivity index (χ2v) is 6.04. The van der Waals surface area contributed by atoms with Crippen molar-refractivity contribution >= 4 is 17.4 Å². The van der Waals surface area contributed by atoms with Crippen molar-refractivity contribution < 1.29 is 9.59 Å². The third-order valence-electron chi connectivity index (χ3n) is 4.35. The molecular formula is C19H23N3O2. The molecule has 1 aromatic rings. The zero-order valence-corrected chi connectivity index (χ0v) is 14.2. The third-order valence-corrected chi connectivity index (χ3v) is 4.35. The van der Waals surface area contributed by atoms with E-state index in [2.05, 4.69) is 17.1 Å². The van der Waals surface area contributed by atoms with E-state index in [4.69, 9.17) is 0 Å². The molecule has 1 aliphatic rings. The van der Waals surface area contributed by atoms with E-state index in [0.29, 0.717) is 17.3 Å². The molecular weight excluding hydrogens is 302 g/mol. The maximum atomic E-state index is 12.3. The highest BCUT2D eigenvalue weighted by Crippen LogP contribution is 2.21.